The highest BCUT2D eigenvalue weighted by Crippen LogP contribution is 2.31. The molecule has 9 aromatic rings. The van der Waals surface area contributed by atoms with E-state index in [0.29, 0.717) is 39.3 Å². The number of benzene rings is 4. The third-order valence-electron chi connectivity index (χ3n) is 14.6. The summed E-state index contributed by atoms with van der Waals surface area (Å²) in [7, 11) is -4.19. The Morgan fingerprint density at radius 2 is 1.28 bits per heavy atom. The molecular formula is C72H63ClN10O11S. The van der Waals surface area contributed by atoms with Crippen molar-refractivity contribution < 1.29 is 41.4 Å². The summed E-state index contributed by atoms with van der Waals surface area (Å²) < 4.78 is 51.5. The monoisotopic (exact) mass is 1310 g/mol. The van der Waals surface area contributed by atoms with Gasteiger partial charge >= 0.3 is 0 Å². The number of sulfone groups is 1. The lowest BCUT2D eigenvalue weighted by molar-refractivity contribution is -0.118. The molecule has 0 radical (unpaired) electrons. The summed E-state index contributed by atoms with van der Waals surface area (Å²) in [5, 5.41) is 34.7. The van der Waals surface area contributed by atoms with E-state index in [-0.39, 0.29) is 68.8 Å². The second kappa shape index (κ2) is 32.5. The first-order chi connectivity index (χ1) is 45.7. The molecule has 23 heteroatoms. The van der Waals surface area contributed by atoms with Gasteiger partial charge in [-0.25, -0.2) is 13.4 Å². The van der Waals surface area contributed by atoms with Crippen LogP contribution in [-0.4, -0.2) is 57.5 Å². The number of carbonyl (C=O) groups excluding carboxylic acids is 3. The quantitative estimate of drug-likeness (QED) is 0.0250. The molecule has 480 valence electrons. The normalized spacial score (nSPS) is 12.8. The fourth-order valence-electron chi connectivity index (χ4n) is 9.39. The molecule has 0 aliphatic heterocycles. The number of aliphatic imine (C=N–C) groups is 1. The molecule has 1 saturated carbocycles. The molecule has 2 amide bonds. The predicted octanol–water partition coefficient (Wildman–Crippen LogP) is 12.7. The number of pyridine rings is 2. The predicted molar refractivity (Wildman–Crippen MR) is 359 cm³/mol. The lowest BCUT2D eigenvalue weighted by Crippen LogP contribution is -2.36. The largest absolute Gasteiger partial charge is 0.467 e. The number of furan rings is 1. The van der Waals surface area contributed by atoms with Gasteiger partial charge in [-0.05, 0) is 174 Å². The molecule has 95 heavy (non-hydrogen) atoms. The molecule has 0 unspecified atom stereocenters. The Balaban J connectivity index is 0.000000184. The van der Waals surface area contributed by atoms with Crippen LogP contribution in [0.1, 0.15) is 85.1 Å². The number of amides is 2. The summed E-state index contributed by atoms with van der Waals surface area (Å²) in [6, 6.07) is 44.5. The van der Waals surface area contributed by atoms with Crippen molar-refractivity contribution >= 4 is 69.2 Å². The smallest absolute Gasteiger partial charge is 0.269 e. The van der Waals surface area contributed by atoms with Gasteiger partial charge in [0, 0.05) is 23.5 Å². The molecule has 1 aliphatic rings. The fourth-order valence-corrected chi connectivity index (χ4v) is 10.6. The number of Topliss-reactive ketones (excluding diaryl/α,β-unsaturated/α-hetero) is 1. The van der Waals surface area contributed by atoms with Crippen molar-refractivity contribution in [2.24, 2.45) is 4.99 Å². The van der Waals surface area contributed by atoms with Crippen molar-refractivity contribution in [3.63, 3.8) is 0 Å². The van der Waals surface area contributed by atoms with E-state index in [1.54, 1.807) is 122 Å². The van der Waals surface area contributed by atoms with Crippen molar-refractivity contribution in [3.8, 4) is 47.2 Å². The van der Waals surface area contributed by atoms with Gasteiger partial charge in [0.15, 0.2) is 5.78 Å². The molecule has 10 rings (SSSR count). The van der Waals surface area contributed by atoms with Gasteiger partial charge in [0.05, 0.1) is 23.3 Å². The molecular weight excluding hydrogens is 1250 g/mol. The van der Waals surface area contributed by atoms with E-state index < -0.39 is 37.7 Å². The number of fused-ring (bicyclic) bond motifs is 2. The van der Waals surface area contributed by atoms with Crippen LogP contribution in [0.3, 0.4) is 0 Å². The summed E-state index contributed by atoms with van der Waals surface area (Å²) in [4.78, 5) is 75.7. The second-order valence-electron chi connectivity index (χ2n) is 21.4. The van der Waals surface area contributed by atoms with Gasteiger partial charge in [-0.1, -0.05) is 97.4 Å². The summed E-state index contributed by atoms with van der Waals surface area (Å²) in [5.74, 6) is 0.141. The van der Waals surface area contributed by atoms with Crippen molar-refractivity contribution in [2.75, 3.05) is 0 Å². The number of rotatable bonds is 19. The summed E-state index contributed by atoms with van der Waals surface area (Å²) in [6.45, 7) is 12.5. The second-order valence-corrected chi connectivity index (χ2v) is 23.8. The van der Waals surface area contributed by atoms with Crippen molar-refractivity contribution in [3.05, 3.63) is 257 Å². The van der Waals surface area contributed by atoms with E-state index in [1.165, 1.54) is 52.5 Å². The Bertz CT molecular complexity index is 4860. The zero-order valence-electron chi connectivity index (χ0n) is 52.3. The van der Waals surface area contributed by atoms with Gasteiger partial charge in [0.25, 0.3) is 22.9 Å². The molecule has 2 N–H and O–H groups in total. The average Bonchev–Trinajstić information content (AvgIpc) is 1.22. The number of halogens is 1. The molecule has 1 fully saturated rings. The Hall–Kier alpha value is -11.8. The van der Waals surface area contributed by atoms with Crippen LogP contribution in [-0.2, 0) is 37.2 Å². The van der Waals surface area contributed by atoms with Crippen molar-refractivity contribution in [1.82, 2.24) is 29.4 Å². The minimum absolute atomic E-state index is 0.00188. The highest BCUT2D eigenvalue weighted by Gasteiger charge is 2.25. The van der Waals surface area contributed by atoms with Crippen LogP contribution in [0.4, 0.5) is 0 Å². The number of aryl methyl sites for hydroxylation is 4. The maximum atomic E-state index is 13.3. The van der Waals surface area contributed by atoms with E-state index >= 15 is 0 Å². The molecule has 5 heterocycles. The zero-order valence-corrected chi connectivity index (χ0v) is 53.9. The maximum Gasteiger partial charge on any atom is 0.269 e. The standard InChI is InChI=1S/C25H18ClN3O4S.C25H20N4O4.C22H25N3O3/c1-16-6-9-19(10-7-16)34(31,32)20(15-27)14-21-24(33-18-8-11-22(26)17(2)13-18)28-23-5-3-4-12-29(23)25(21)30;1-2-17-8-10-19(11-9-17)33-24-21(25(31)29-12-4-3-7-22(29)28-24)14-18(15-26)23(30)27-16-20-6-5-13-32-20;1-15-9-11-19(12-10-15)28-22(24-3)20(16(2)26)13-17(14-23)21(27)25-18-7-5-4-6-8-18/h3-14H,1-2H3;3-14H,2,16H2,1H3,(H,27,30);9-13,18H,3-8H2,1-2H3,(H,25,27)/b20-14+;18-14+;17-13+,22-20+. The van der Waals surface area contributed by atoms with Crippen molar-refractivity contribution in [2.45, 2.75) is 90.6 Å². The van der Waals surface area contributed by atoms with Crippen molar-refractivity contribution in [1.29, 1.82) is 15.8 Å². The van der Waals surface area contributed by atoms with Crippen LogP contribution in [0.15, 0.2) is 216 Å². The van der Waals surface area contributed by atoms with E-state index in [4.69, 9.17) is 30.2 Å². The summed E-state index contributed by atoms with van der Waals surface area (Å²) in [5.41, 5.74) is 2.83. The number of carbonyl (C=O) groups is 3. The van der Waals surface area contributed by atoms with Crippen LogP contribution in [0.25, 0.3) is 23.4 Å². The van der Waals surface area contributed by atoms with Crippen LogP contribution in [0, 0.1) is 54.8 Å². The average molecular weight is 1310 g/mol. The number of nitrogens with one attached hydrogen (secondary N) is 2. The number of nitriles is 3. The number of nitrogens with zero attached hydrogens (tertiary/aromatic N) is 8. The number of ketones is 1. The van der Waals surface area contributed by atoms with Gasteiger partial charge < -0.3 is 29.3 Å². The third kappa shape index (κ3) is 18.1. The highest BCUT2D eigenvalue weighted by molar-refractivity contribution is 7.95. The molecule has 0 spiro atoms. The van der Waals surface area contributed by atoms with E-state index in [0.717, 1.165) is 66.9 Å². The van der Waals surface area contributed by atoms with E-state index in [2.05, 4.69) is 32.3 Å². The molecule has 4 aromatic carbocycles. The Morgan fingerprint density at radius 3 is 1.82 bits per heavy atom. The Morgan fingerprint density at radius 1 is 0.716 bits per heavy atom. The molecule has 0 atom stereocenters. The third-order valence-corrected chi connectivity index (χ3v) is 16.7. The number of aromatic nitrogens is 4. The maximum absolute atomic E-state index is 13.3. The van der Waals surface area contributed by atoms with Gasteiger partial charge in [0.1, 0.15) is 79.7 Å². The highest BCUT2D eigenvalue weighted by atomic mass is 35.5. The topological polar surface area (TPSA) is 303 Å². The van der Waals surface area contributed by atoms with Crippen LogP contribution < -0.4 is 36.0 Å². The first-order valence-corrected chi connectivity index (χ1v) is 31.6. The SMILES string of the molecule is C=N/C(Oc1ccc(C)cc1)=C(/C=C(\C#N)C(=O)NC1CCCCC1)C(C)=O.CCc1ccc(Oc2nc3ccccn3c(=O)c2/C=C(\C#N)C(=O)NCc2ccco2)cc1.Cc1ccc(S(=O)(=O)/C(C#N)=C/c2c(Oc3ccc(Cl)c(C)c3)nc3ccccn3c2=O)cc1. The lowest BCUT2D eigenvalue weighted by Gasteiger charge is -2.22. The minimum atomic E-state index is -4.19. The molecule has 21 nitrogen and oxygen atoms in total. The first-order valence-electron chi connectivity index (χ1n) is 29.7. The lowest BCUT2D eigenvalue weighted by atomic mass is 9.95. The van der Waals surface area contributed by atoms with Crippen LogP contribution in [0.2, 0.25) is 5.02 Å². The fraction of sp³-hybridized carbons (Fsp3) is 0.181. The van der Waals surface area contributed by atoms with Crippen LogP contribution >= 0.6 is 11.6 Å². The van der Waals surface area contributed by atoms with Gasteiger partial charge in [-0.3, -0.25) is 32.8 Å². The Kier molecular flexibility index (Phi) is 23.6. The molecule has 0 bridgehead atoms. The Labute approximate surface area is 552 Å². The number of allylic oxidation sites excluding steroid dienone is 3. The summed E-state index contributed by atoms with van der Waals surface area (Å²) >= 11 is 6.09. The molecule has 1 aliphatic carbocycles. The van der Waals surface area contributed by atoms with Crippen LogP contribution in [0.5, 0.6) is 29.0 Å². The minimum Gasteiger partial charge on any atom is -0.467 e. The number of hydrogen-bond donors (Lipinski definition) is 2. The van der Waals surface area contributed by atoms with Gasteiger partial charge in [0.2, 0.25) is 27.5 Å². The molecule has 5 aromatic heterocycles. The van der Waals surface area contributed by atoms with Gasteiger partial charge in [-0.2, -0.15) is 25.8 Å². The van der Waals surface area contributed by atoms with E-state index in [1.807, 2.05) is 57.2 Å². The van der Waals surface area contributed by atoms with E-state index in [9.17, 15) is 48.2 Å². The number of hydrogen-bond acceptors (Lipinski definition) is 17. The molecule has 0 saturated heterocycles. The van der Waals surface area contributed by atoms with Gasteiger partial charge in [-0.15, -0.1) is 0 Å². The zero-order chi connectivity index (χ0) is 68.2. The summed E-state index contributed by atoms with van der Waals surface area (Å²) in [6.07, 6.45) is 13.9. The number of ether oxygens (including phenoxy) is 3. The first kappa shape index (κ1) is 69.1.